The average Bonchev–Trinajstić information content (AvgIpc) is 3.22. The van der Waals surface area contributed by atoms with Gasteiger partial charge in [0.25, 0.3) is 5.91 Å². The van der Waals surface area contributed by atoms with Gasteiger partial charge in [-0.25, -0.2) is 4.98 Å². The highest BCUT2D eigenvalue weighted by atomic mass is 79.9. The minimum atomic E-state index is -0.109. The summed E-state index contributed by atoms with van der Waals surface area (Å²) in [5.41, 5.74) is 1.75. The van der Waals surface area contributed by atoms with Crippen LogP contribution in [0.15, 0.2) is 33.6 Å². The highest BCUT2D eigenvalue weighted by Crippen LogP contribution is 2.44. The number of rotatable bonds is 6. The van der Waals surface area contributed by atoms with Crippen molar-refractivity contribution in [3.63, 3.8) is 0 Å². The molecule has 116 valence electrons. The first-order chi connectivity index (χ1) is 10.7. The molecule has 0 saturated heterocycles. The van der Waals surface area contributed by atoms with Crippen LogP contribution in [0.1, 0.15) is 47.4 Å². The number of hydrogen-bond acceptors (Lipinski definition) is 4. The van der Waals surface area contributed by atoms with Gasteiger partial charge in [-0.15, -0.1) is 0 Å². The fourth-order valence-electron chi connectivity index (χ4n) is 2.36. The van der Waals surface area contributed by atoms with Gasteiger partial charge < -0.3 is 14.5 Å². The van der Waals surface area contributed by atoms with Crippen LogP contribution in [0, 0.1) is 0 Å². The van der Waals surface area contributed by atoms with E-state index >= 15 is 0 Å². The van der Waals surface area contributed by atoms with Crippen molar-refractivity contribution in [2.75, 3.05) is 6.61 Å². The third-order valence-electron chi connectivity index (χ3n) is 3.57. The van der Waals surface area contributed by atoms with Crippen molar-refractivity contribution < 1.29 is 13.9 Å². The molecule has 6 heteroatoms. The van der Waals surface area contributed by atoms with Crippen LogP contribution in [0.5, 0.6) is 5.75 Å². The topological polar surface area (TPSA) is 64.4 Å². The van der Waals surface area contributed by atoms with E-state index in [1.54, 1.807) is 6.20 Å². The molecule has 1 N–H and O–H groups in total. The van der Waals surface area contributed by atoms with Crippen LogP contribution < -0.4 is 10.1 Å². The van der Waals surface area contributed by atoms with Gasteiger partial charge in [0.05, 0.1) is 23.8 Å². The van der Waals surface area contributed by atoms with E-state index in [9.17, 15) is 4.79 Å². The third kappa shape index (κ3) is 3.32. The molecule has 0 aliphatic heterocycles. The Labute approximate surface area is 137 Å². The van der Waals surface area contributed by atoms with Crippen LogP contribution >= 0.6 is 15.9 Å². The van der Waals surface area contributed by atoms with E-state index in [1.165, 1.54) is 6.39 Å². The molecule has 1 aromatic carbocycles. The molecule has 0 spiro atoms. The fourth-order valence-corrected chi connectivity index (χ4v) is 2.81. The van der Waals surface area contributed by atoms with Crippen LogP contribution in [0.2, 0.25) is 0 Å². The quantitative estimate of drug-likeness (QED) is 0.849. The number of nitrogens with one attached hydrogen (secondary N) is 1. The van der Waals surface area contributed by atoms with E-state index in [0.717, 1.165) is 28.6 Å². The van der Waals surface area contributed by atoms with Crippen molar-refractivity contribution in [1.29, 1.82) is 0 Å². The first-order valence-corrected chi connectivity index (χ1v) is 8.10. The number of aromatic nitrogens is 1. The smallest absolute Gasteiger partial charge is 0.251 e. The summed E-state index contributed by atoms with van der Waals surface area (Å²) in [6.07, 6.45) is 5.19. The molecule has 0 bridgehead atoms. The second-order valence-electron chi connectivity index (χ2n) is 5.23. The van der Waals surface area contributed by atoms with Crippen LogP contribution in [-0.2, 0) is 6.54 Å². The Hall–Kier alpha value is -1.82. The zero-order valence-electron chi connectivity index (χ0n) is 12.3. The SMILES string of the molecule is CCOc1cc(C2CC2)c(C(=O)NCc2cnco2)cc1Br. The van der Waals surface area contributed by atoms with Gasteiger partial charge in [-0.2, -0.15) is 0 Å². The summed E-state index contributed by atoms with van der Waals surface area (Å²) in [7, 11) is 0. The number of nitrogens with zero attached hydrogens (tertiary/aromatic N) is 1. The molecule has 22 heavy (non-hydrogen) atoms. The Balaban J connectivity index is 1.81. The standard InChI is InChI=1S/C16H17BrN2O3/c1-2-21-15-6-12(10-3-4-10)13(5-14(15)17)16(20)19-8-11-7-18-9-22-11/h5-7,9-10H,2-4,8H2,1H3,(H,19,20). The predicted octanol–water partition coefficient (Wildman–Crippen LogP) is 3.64. The summed E-state index contributed by atoms with van der Waals surface area (Å²) in [5, 5.41) is 2.87. The normalized spacial score (nSPS) is 13.9. The Morgan fingerprint density at radius 1 is 1.50 bits per heavy atom. The summed E-state index contributed by atoms with van der Waals surface area (Å²) < 4.78 is 11.5. The molecule has 1 aromatic heterocycles. The monoisotopic (exact) mass is 364 g/mol. The van der Waals surface area contributed by atoms with E-state index < -0.39 is 0 Å². The predicted molar refractivity (Wildman–Crippen MR) is 85.0 cm³/mol. The molecule has 1 amide bonds. The van der Waals surface area contributed by atoms with Crippen molar-refractivity contribution >= 4 is 21.8 Å². The number of carbonyl (C=O) groups is 1. The molecular weight excluding hydrogens is 348 g/mol. The average molecular weight is 365 g/mol. The molecule has 3 rings (SSSR count). The van der Waals surface area contributed by atoms with Gasteiger partial charge in [-0.3, -0.25) is 4.79 Å². The Morgan fingerprint density at radius 2 is 2.32 bits per heavy atom. The molecule has 0 unspecified atom stereocenters. The van der Waals surface area contributed by atoms with Crippen molar-refractivity contribution in [2.45, 2.75) is 32.2 Å². The van der Waals surface area contributed by atoms with Gasteiger partial charge >= 0.3 is 0 Å². The summed E-state index contributed by atoms with van der Waals surface area (Å²) in [5.74, 6) is 1.77. The van der Waals surface area contributed by atoms with E-state index in [0.29, 0.717) is 30.4 Å². The van der Waals surface area contributed by atoms with Crippen molar-refractivity contribution in [3.05, 3.63) is 46.1 Å². The summed E-state index contributed by atoms with van der Waals surface area (Å²) in [6, 6.07) is 3.82. The van der Waals surface area contributed by atoms with E-state index in [-0.39, 0.29) is 5.91 Å². The second kappa shape index (κ2) is 6.52. The second-order valence-corrected chi connectivity index (χ2v) is 6.08. The van der Waals surface area contributed by atoms with Crippen molar-refractivity contribution in [3.8, 4) is 5.75 Å². The maximum Gasteiger partial charge on any atom is 0.251 e. The zero-order chi connectivity index (χ0) is 15.5. The van der Waals surface area contributed by atoms with Gasteiger partial charge in [-0.1, -0.05) is 0 Å². The maximum atomic E-state index is 12.5. The number of benzene rings is 1. The van der Waals surface area contributed by atoms with E-state index in [1.807, 2.05) is 19.1 Å². The first kappa shape index (κ1) is 15.1. The number of hydrogen-bond donors (Lipinski definition) is 1. The number of amides is 1. The minimum absolute atomic E-state index is 0.109. The van der Waals surface area contributed by atoms with Crippen LogP contribution in [0.3, 0.4) is 0 Å². The lowest BCUT2D eigenvalue weighted by molar-refractivity contribution is 0.0947. The van der Waals surface area contributed by atoms with Crippen LogP contribution in [-0.4, -0.2) is 17.5 Å². The molecule has 0 atom stereocenters. The molecule has 0 radical (unpaired) electrons. The first-order valence-electron chi connectivity index (χ1n) is 7.30. The number of carbonyl (C=O) groups excluding carboxylic acids is 1. The minimum Gasteiger partial charge on any atom is -0.493 e. The maximum absolute atomic E-state index is 12.5. The summed E-state index contributed by atoms with van der Waals surface area (Å²) in [6.45, 7) is 2.87. The number of halogens is 1. The molecule has 1 heterocycles. The lowest BCUT2D eigenvalue weighted by Crippen LogP contribution is -2.24. The van der Waals surface area contributed by atoms with Crippen molar-refractivity contribution in [1.82, 2.24) is 10.3 Å². The fraction of sp³-hybridized carbons (Fsp3) is 0.375. The largest absolute Gasteiger partial charge is 0.493 e. The number of ether oxygens (including phenoxy) is 1. The number of oxazole rings is 1. The molecule has 1 saturated carbocycles. The third-order valence-corrected chi connectivity index (χ3v) is 4.19. The Morgan fingerprint density at radius 3 is 2.95 bits per heavy atom. The zero-order valence-corrected chi connectivity index (χ0v) is 13.9. The van der Waals surface area contributed by atoms with Crippen LogP contribution in [0.4, 0.5) is 0 Å². The van der Waals surface area contributed by atoms with Gasteiger partial charge in [0.2, 0.25) is 0 Å². The molecule has 2 aromatic rings. The summed E-state index contributed by atoms with van der Waals surface area (Å²) in [4.78, 5) is 16.3. The highest BCUT2D eigenvalue weighted by Gasteiger charge is 2.29. The van der Waals surface area contributed by atoms with Gasteiger partial charge in [0, 0.05) is 5.56 Å². The Bertz CT molecular complexity index is 666. The van der Waals surface area contributed by atoms with E-state index in [4.69, 9.17) is 9.15 Å². The highest BCUT2D eigenvalue weighted by molar-refractivity contribution is 9.10. The molecule has 1 aliphatic carbocycles. The van der Waals surface area contributed by atoms with Gasteiger partial charge in [-0.05, 0) is 59.3 Å². The molecule has 5 nitrogen and oxygen atoms in total. The lowest BCUT2D eigenvalue weighted by atomic mass is 10.0. The molecular formula is C16H17BrN2O3. The molecule has 1 aliphatic rings. The van der Waals surface area contributed by atoms with Gasteiger partial charge in [0.1, 0.15) is 11.5 Å². The lowest BCUT2D eigenvalue weighted by Gasteiger charge is -2.13. The van der Waals surface area contributed by atoms with E-state index in [2.05, 4.69) is 26.2 Å². The Kier molecular flexibility index (Phi) is 4.47. The molecule has 1 fully saturated rings. The van der Waals surface area contributed by atoms with Crippen LogP contribution in [0.25, 0.3) is 0 Å². The van der Waals surface area contributed by atoms with Crippen molar-refractivity contribution in [2.24, 2.45) is 0 Å². The van der Waals surface area contributed by atoms with Gasteiger partial charge in [0.15, 0.2) is 6.39 Å². The summed E-state index contributed by atoms with van der Waals surface area (Å²) >= 11 is 3.48.